The molecule has 0 atom stereocenters. The lowest BCUT2D eigenvalue weighted by Crippen LogP contribution is -1.91. The summed E-state index contributed by atoms with van der Waals surface area (Å²) < 4.78 is 68.3. The maximum Gasteiger partial charge on any atom is 0.143 e. The lowest BCUT2D eigenvalue weighted by molar-refractivity contribution is 0.599. The number of pyridine rings is 2. The topological polar surface area (TPSA) is 38.9 Å². The highest BCUT2D eigenvalue weighted by Crippen LogP contribution is 2.51. The van der Waals surface area contributed by atoms with Gasteiger partial charge >= 0.3 is 0 Å². The molecule has 0 spiro atoms. The molecule has 10 aromatic carbocycles. The van der Waals surface area contributed by atoms with Crippen LogP contribution in [-0.2, 0) is 0 Å². The molecule has 0 radical (unpaired) electrons. The first-order chi connectivity index (χ1) is 34.2. The minimum Gasteiger partial charge on any atom is -0.455 e. The standard InChI is InChI=1S/C60H36N2O/c1-3-12-37(13-4-1)55-56(59(43-14-5-2-6-15-43)63-60(55)51-31-28-40-24-23-38-16-9-17-39-27-30-50(51)54(40)53(38)39)45-19-10-18-44(36-45)46-32-33-49(48-22-8-7-21-47(46)48)52-34-29-42-26-25-41-20-11-35-61-57(41)58(42)62-52/h1-36H/i11D,20D,25D,26D,29D,34D,35D. The van der Waals surface area contributed by atoms with E-state index >= 15 is 0 Å². The Hall–Kier alpha value is -8.40. The van der Waals surface area contributed by atoms with Crippen molar-refractivity contribution in [1.29, 1.82) is 0 Å². The van der Waals surface area contributed by atoms with Gasteiger partial charge in [0.1, 0.15) is 11.5 Å². The lowest BCUT2D eigenvalue weighted by Gasteiger charge is -2.15. The average molecular weight is 808 g/mol. The van der Waals surface area contributed by atoms with Crippen LogP contribution in [0.5, 0.6) is 0 Å². The summed E-state index contributed by atoms with van der Waals surface area (Å²) in [6, 6.07) is 58.5. The van der Waals surface area contributed by atoms with Crippen molar-refractivity contribution in [2.24, 2.45) is 0 Å². The Kier molecular flexibility index (Phi) is 6.48. The summed E-state index contributed by atoms with van der Waals surface area (Å²) >= 11 is 0. The highest BCUT2D eigenvalue weighted by Gasteiger charge is 2.27. The third-order valence-electron chi connectivity index (χ3n) is 12.4. The molecule has 3 heterocycles. The van der Waals surface area contributed by atoms with Crippen molar-refractivity contribution in [2.75, 3.05) is 0 Å². The third-order valence-corrected chi connectivity index (χ3v) is 12.4. The second-order valence-electron chi connectivity index (χ2n) is 15.9. The van der Waals surface area contributed by atoms with Gasteiger partial charge in [0.25, 0.3) is 0 Å². The predicted octanol–water partition coefficient (Wildman–Crippen LogP) is 16.4. The van der Waals surface area contributed by atoms with Gasteiger partial charge in [-0.25, -0.2) is 4.98 Å². The van der Waals surface area contributed by atoms with Gasteiger partial charge in [0.2, 0.25) is 0 Å². The minimum atomic E-state index is -0.469. The Morgan fingerprint density at radius 3 is 1.78 bits per heavy atom. The lowest BCUT2D eigenvalue weighted by atomic mass is 9.87. The van der Waals surface area contributed by atoms with Crippen molar-refractivity contribution in [3.8, 4) is 67.3 Å². The summed E-state index contributed by atoms with van der Waals surface area (Å²) in [5.74, 6) is 1.53. The van der Waals surface area contributed by atoms with Crippen molar-refractivity contribution in [3.63, 3.8) is 0 Å². The number of nitrogens with zero attached hydrogens (tertiary/aromatic N) is 2. The minimum absolute atomic E-state index is 0.0132. The fraction of sp³-hybridized carbons (Fsp3) is 0. The number of fused-ring (bicyclic) bond motifs is 4. The summed E-state index contributed by atoms with van der Waals surface area (Å²) in [5, 5.41) is 8.64. The smallest absolute Gasteiger partial charge is 0.143 e. The average Bonchev–Trinajstić information content (AvgIpc) is 3.80. The number of benzene rings is 10. The van der Waals surface area contributed by atoms with Gasteiger partial charge in [-0.15, -0.1) is 0 Å². The molecule has 63 heavy (non-hydrogen) atoms. The van der Waals surface area contributed by atoms with Crippen molar-refractivity contribution >= 4 is 64.9 Å². The van der Waals surface area contributed by atoms with Crippen LogP contribution in [0.1, 0.15) is 9.60 Å². The van der Waals surface area contributed by atoms with Crippen molar-refractivity contribution in [2.45, 2.75) is 0 Å². The van der Waals surface area contributed by atoms with Crippen LogP contribution in [0, 0.1) is 0 Å². The van der Waals surface area contributed by atoms with E-state index in [9.17, 15) is 1.37 Å². The molecule has 0 fully saturated rings. The van der Waals surface area contributed by atoms with Gasteiger partial charge in [-0.2, -0.15) is 0 Å². The zero-order valence-corrected chi connectivity index (χ0v) is 33.5. The fourth-order valence-corrected chi connectivity index (χ4v) is 9.54. The summed E-state index contributed by atoms with van der Waals surface area (Å²) in [5.41, 5.74) is 8.49. The Morgan fingerprint density at radius 2 is 0.968 bits per heavy atom. The van der Waals surface area contributed by atoms with Crippen LogP contribution in [0.4, 0.5) is 0 Å². The maximum atomic E-state index is 9.24. The Morgan fingerprint density at radius 1 is 0.381 bits per heavy atom. The molecular formula is C60H36N2O. The van der Waals surface area contributed by atoms with E-state index < -0.39 is 18.3 Å². The van der Waals surface area contributed by atoms with Crippen LogP contribution >= 0.6 is 0 Å². The van der Waals surface area contributed by atoms with E-state index in [0.29, 0.717) is 5.56 Å². The van der Waals surface area contributed by atoms with E-state index in [2.05, 4.69) is 120 Å². The number of aromatic nitrogens is 2. The highest BCUT2D eigenvalue weighted by atomic mass is 16.3. The largest absolute Gasteiger partial charge is 0.455 e. The summed E-state index contributed by atoms with van der Waals surface area (Å²) in [6.45, 7) is 0. The zero-order chi connectivity index (χ0) is 47.5. The van der Waals surface area contributed by atoms with E-state index in [0.717, 1.165) is 72.2 Å². The molecule has 0 N–H and O–H groups in total. The second-order valence-corrected chi connectivity index (χ2v) is 15.9. The van der Waals surface area contributed by atoms with Crippen molar-refractivity contribution in [3.05, 3.63) is 218 Å². The molecule has 13 rings (SSSR count). The van der Waals surface area contributed by atoms with Gasteiger partial charge in [0.05, 0.1) is 26.3 Å². The van der Waals surface area contributed by atoms with E-state index in [1.807, 2.05) is 60.7 Å². The summed E-state index contributed by atoms with van der Waals surface area (Å²) in [6.07, 6.45) is -0.469. The van der Waals surface area contributed by atoms with Crippen LogP contribution in [0.25, 0.3) is 132 Å². The molecule has 0 amide bonds. The quantitative estimate of drug-likeness (QED) is 0.157. The first-order valence-electron chi connectivity index (χ1n) is 24.4. The molecule has 0 bridgehead atoms. The number of furan rings is 1. The molecule has 0 aliphatic carbocycles. The van der Waals surface area contributed by atoms with Crippen molar-refractivity contribution in [1.82, 2.24) is 9.97 Å². The number of rotatable bonds is 6. The molecule has 0 unspecified atom stereocenters. The first-order valence-corrected chi connectivity index (χ1v) is 20.9. The van der Waals surface area contributed by atoms with Crippen LogP contribution in [0.3, 0.4) is 0 Å². The molecule has 0 saturated carbocycles. The normalized spacial score (nSPS) is 13.4. The molecule has 3 nitrogen and oxygen atoms in total. The highest BCUT2D eigenvalue weighted by molar-refractivity contribution is 6.26. The maximum absolute atomic E-state index is 9.24. The Bertz CT molecular complexity index is 4310. The van der Waals surface area contributed by atoms with E-state index in [1.54, 1.807) is 0 Å². The molecule has 0 saturated heterocycles. The Labute approximate surface area is 373 Å². The summed E-state index contributed by atoms with van der Waals surface area (Å²) in [4.78, 5) is 9.15. The van der Waals surface area contributed by atoms with E-state index in [1.165, 1.54) is 26.9 Å². The number of hydrogen-bond donors (Lipinski definition) is 0. The molecule has 0 aliphatic heterocycles. The predicted molar refractivity (Wildman–Crippen MR) is 263 cm³/mol. The Balaban J connectivity index is 1.03. The van der Waals surface area contributed by atoms with Gasteiger partial charge in [-0.3, -0.25) is 4.98 Å². The fourth-order valence-electron chi connectivity index (χ4n) is 9.54. The first kappa shape index (κ1) is 29.0. The number of hydrogen-bond acceptors (Lipinski definition) is 3. The van der Waals surface area contributed by atoms with Crippen LogP contribution < -0.4 is 0 Å². The van der Waals surface area contributed by atoms with Crippen molar-refractivity contribution < 1.29 is 14.0 Å². The molecule has 3 aromatic heterocycles. The van der Waals surface area contributed by atoms with Crippen LogP contribution in [0.15, 0.2) is 223 Å². The molecule has 3 heteroatoms. The second kappa shape index (κ2) is 14.1. The van der Waals surface area contributed by atoms with Crippen LogP contribution in [0.2, 0.25) is 0 Å². The van der Waals surface area contributed by atoms with E-state index in [4.69, 9.17) is 17.6 Å². The van der Waals surface area contributed by atoms with Crippen LogP contribution in [-0.4, -0.2) is 9.97 Å². The van der Waals surface area contributed by atoms with E-state index in [-0.39, 0.29) is 51.7 Å². The van der Waals surface area contributed by atoms with Gasteiger partial charge in [0, 0.05) is 44.8 Å². The van der Waals surface area contributed by atoms with Gasteiger partial charge in [0.15, 0.2) is 0 Å². The molecular weight excluding hydrogens is 765 g/mol. The van der Waals surface area contributed by atoms with Gasteiger partial charge < -0.3 is 4.42 Å². The van der Waals surface area contributed by atoms with Gasteiger partial charge in [-0.05, 0) is 89.6 Å². The monoisotopic (exact) mass is 807 g/mol. The zero-order valence-electron chi connectivity index (χ0n) is 40.5. The molecule has 13 aromatic rings. The third kappa shape index (κ3) is 5.60. The molecule has 292 valence electrons. The summed E-state index contributed by atoms with van der Waals surface area (Å²) in [7, 11) is 0. The molecule has 0 aliphatic rings. The SMILES string of the molecule is [2H]c1nc2c(c([2H])c1[2H])c([2H])c([2H])c1c([2H])c([2H])c(-c3ccc(-c4cccc(-c5c(-c6ccccc6)oc(-c6ccc7ccc8cccc9ccc6c7c89)c5-c5ccccc5)c4)c4ccccc34)nc12. The van der Waals surface area contributed by atoms with Gasteiger partial charge in [-0.1, -0.05) is 188 Å².